The van der Waals surface area contributed by atoms with E-state index >= 15 is 0 Å². The maximum absolute atomic E-state index is 13.7. The van der Waals surface area contributed by atoms with Crippen LogP contribution in [0, 0.1) is 68.5 Å². The highest BCUT2D eigenvalue weighted by Crippen LogP contribution is 2.70. The predicted molar refractivity (Wildman–Crippen MR) is 312 cm³/mol. The van der Waals surface area contributed by atoms with Gasteiger partial charge in [0.2, 0.25) is 0 Å². The Balaban J connectivity index is 0.000000203. The van der Waals surface area contributed by atoms with Crippen LogP contribution in [0.15, 0.2) is 104 Å². The highest BCUT2D eigenvalue weighted by molar-refractivity contribution is 14.0. The number of esters is 3. The van der Waals surface area contributed by atoms with Crippen molar-refractivity contribution < 1.29 is 62.2 Å². The summed E-state index contributed by atoms with van der Waals surface area (Å²) in [5.41, 5.74) is -4.03. The van der Waals surface area contributed by atoms with Gasteiger partial charge >= 0.3 is 29.2 Å². The predicted octanol–water partition coefficient (Wildman–Crippen LogP) is 10.1. The number of benzene rings is 1. The van der Waals surface area contributed by atoms with E-state index in [0.717, 1.165) is 19.3 Å². The number of aliphatic hydroxyl groups is 3. The molecule has 0 amide bonds. The third kappa shape index (κ3) is 10.3. The molecule has 83 heavy (non-hydrogen) atoms. The molecule has 0 spiro atoms. The number of carbonyl (C=O) groups is 3. The van der Waals surface area contributed by atoms with Crippen LogP contribution < -0.4 is 20.7 Å². The molecule has 18 nitrogen and oxygen atoms in total. The van der Waals surface area contributed by atoms with Crippen LogP contribution in [0.25, 0.3) is 22.6 Å². The smallest absolute Gasteiger partial charge is 0.345 e. The topological polar surface area (TPSA) is 268 Å². The maximum Gasteiger partial charge on any atom is 0.345 e. The van der Waals surface area contributed by atoms with Gasteiger partial charge in [-0.05, 0) is 129 Å². The Morgan fingerprint density at radius 3 is 1.60 bits per heavy atom. The minimum Gasteiger partial charge on any atom is -0.484 e. The number of rotatable bonds is 8. The first-order chi connectivity index (χ1) is 38.7. The van der Waals surface area contributed by atoms with Crippen LogP contribution in [0.5, 0.6) is 11.5 Å². The molecule has 2 aliphatic heterocycles. The zero-order valence-electron chi connectivity index (χ0n) is 48.5. The number of aromatic nitrogens is 2. The van der Waals surface area contributed by atoms with Crippen molar-refractivity contribution in [1.29, 1.82) is 5.26 Å². The Labute approximate surface area is 499 Å². The third-order valence-electron chi connectivity index (χ3n) is 20.9. The number of carbonyl (C=O) groups excluding carboxylic acids is 3. The van der Waals surface area contributed by atoms with Gasteiger partial charge in [0.15, 0.2) is 0 Å². The number of ether oxygens (including phenoxy) is 5. The number of aliphatic hydroxyl groups excluding tert-OH is 3. The molecule has 11 rings (SSSR count). The van der Waals surface area contributed by atoms with Crippen molar-refractivity contribution >= 4 is 41.9 Å². The summed E-state index contributed by atoms with van der Waals surface area (Å²) in [6.07, 6.45) is 6.03. The van der Waals surface area contributed by atoms with Crippen molar-refractivity contribution in [2.75, 3.05) is 13.2 Å². The molecule has 4 saturated carbocycles. The van der Waals surface area contributed by atoms with Gasteiger partial charge in [-0.1, -0.05) is 47.6 Å². The average molecular weight is 1250 g/mol. The van der Waals surface area contributed by atoms with Crippen molar-refractivity contribution in [2.24, 2.45) is 57.2 Å². The van der Waals surface area contributed by atoms with Crippen LogP contribution in [0.2, 0.25) is 0 Å². The Hall–Kier alpha value is -6.47. The van der Waals surface area contributed by atoms with Crippen LogP contribution in [0.3, 0.4) is 0 Å². The highest BCUT2D eigenvalue weighted by atomic mass is 127. The highest BCUT2D eigenvalue weighted by Gasteiger charge is 2.71. The standard InChI is InChI=1S/C36H38N2O8.C28H35NO7.HI/c1-20-11-12-34(3)27(35(20,4)19-43-21(2)39)16-28(45-32(41)23-9-6-8-22(14-23)17-37)36(5)31(34)30(40)29-26(46-36)15-25(44-33(29)42)24-10-7-13-38-18-24;1-15-8-9-26(3)20(27(15,4)14-34-16(2)30)12-21(31)28(5)24(26)23(32)22-19(36-28)11-18(35-25(22)33)17-7-6-10-29-13-17;/h6-10,13-15,18,20,27-28,30-31,40H,11-12,16,19H2,1-5H3;6-7,10-11,13,15,20-21,23-24,31-32H,8-9,12,14H2,1-5H3;1H/t20-,27?,28-,30-,31?,34-,35-,36+;15-,20?,21-,23-,24?,26-,27-,28+;/m00./s1. The fourth-order valence-corrected chi connectivity index (χ4v) is 16.2. The van der Waals surface area contributed by atoms with Crippen LogP contribution >= 0.6 is 24.0 Å². The van der Waals surface area contributed by atoms with E-state index in [1.54, 1.807) is 79.4 Å². The molecule has 0 saturated heterocycles. The Bertz CT molecular complexity index is 3460. The maximum atomic E-state index is 13.7. The van der Waals surface area contributed by atoms with E-state index in [0.29, 0.717) is 36.0 Å². The molecule has 442 valence electrons. The zero-order valence-corrected chi connectivity index (χ0v) is 50.8. The summed E-state index contributed by atoms with van der Waals surface area (Å²) >= 11 is 0. The molecule has 1 aromatic carbocycles. The summed E-state index contributed by atoms with van der Waals surface area (Å²) in [5, 5.41) is 45.0. The lowest BCUT2D eigenvalue weighted by molar-refractivity contribution is -0.257. The molecule has 3 N–H and O–H groups in total. The van der Waals surface area contributed by atoms with E-state index in [1.165, 1.54) is 19.9 Å². The molecule has 4 fully saturated rings. The summed E-state index contributed by atoms with van der Waals surface area (Å²) in [6.45, 7) is 19.5. The SMILES string of the molecule is CC(=O)OC[C@]1(C)C2C[C@H](O)[C@@]3(C)Oc4cc(-c5cccnc5)oc(=O)c4[C@H](O)C3[C@@]2(C)CC[C@@H]1C.CC(=O)OC[C@]1(C)C2C[C@H](OC(=O)c3cccc(C#N)c3)[C@@]3(C)Oc4cc(-c5cccnc5)oc(=O)c4[C@H](O)C3[C@@]2(C)CC[C@@H]1C.I. The fourth-order valence-electron chi connectivity index (χ4n) is 16.2. The number of halogens is 1. The second kappa shape index (κ2) is 22.5. The normalized spacial score (nSPS) is 35.2. The van der Waals surface area contributed by atoms with Crippen molar-refractivity contribution in [2.45, 2.75) is 143 Å². The number of nitriles is 1. The largest absolute Gasteiger partial charge is 0.484 e. The van der Waals surface area contributed by atoms with E-state index in [4.69, 9.17) is 32.5 Å². The van der Waals surface area contributed by atoms with Crippen LogP contribution in [-0.4, -0.2) is 79.8 Å². The lowest BCUT2D eigenvalue weighted by Crippen LogP contribution is -2.70. The molecule has 0 radical (unpaired) electrons. The first kappa shape index (κ1) is 61.1. The van der Waals surface area contributed by atoms with Gasteiger partial charge in [0.1, 0.15) is 51.5 Å². The molecule has 19 heteroatoms. The third-order valence-corrected chi connectivity index (χ3v) is 20.9. The van der Waals surface area contributed by atoms with Gasteiger partial charge < -0.3 is 47.8 Å². The molecular weight excluding hydrogens is 1180 g/mol. The van der Waals surface area contributed by atoms with E-state index < -0.39 is 92.3 Å². The first-order valence-electron chi connectivity index (χ1n) is 28.3. The van der Waals surface area contributed by atoms with Crippen molar-refractivity contribution in [3.63, 3.8) is 0 Å². The summed E-state index contributed by atoms with van der Waals surface area (Å²) < 4.78 is 42.0. The second-order valence-corrected chi connectivity index (χ2v) is 25.4. The van der Waals surface area contributed by atoms with Crippen LogP contribution in [0.4, 0.5) is 0 Å². The van der Waals surface area contributed by atoms with Gasteiger partial charge in [-0.25, -0.2) is 14.4 Å². The second-order valence-electron chi connectivity index (χ2n) is 25.4. The molecular formula is C64H74IN3O15. The lowest BCUT2D eigenvalue weighted by Gasteiger charge is -2.66. The molecule has 0 bridgehead atoms. The van der Waals surface area contributed by atoms with E-state index in [2.05, 4.69) is 57.6 Å². The van der Waals surface area contributed by atoms with Crippen molar-refractivity contribution in [3.8, 4) is 40.2 Å². The fraction of sp³-hybridized carbons (Fsp3) is 0.531. The average Bonchev–Trinajstić information content (AvgIpc) is 0.779. The van der Waals surface area contributed by atoms with Crippen LogP contribution in [-0.2, 0) is 23.8 Å². The molecule has 4 unspecified atom stereocenters. The van der Waals surface area contributed by atoms with Crippen molar-refractivity contribution in [1.82, 2.24) is 9.97 Å². The molecule has 6 aliphatic rings. The molecule has 5 aromatic rings. The Morgan fingerprint density at radius 2 is 1.14 bits per heavy atom. The molecule has 6 heterocycles. The summed E-state index contributed by atoms with van der Waals surface area (Å²) in [4.78, 5) is 72.4. The molecule has 4 aromatic heterocycles. The van der Waals surface area contributed by atoms with Gasteiger partial charge in [0, 0.05) is 84.6 Å². The van der Waals surface area contributed by atoms with E-state index in [-0.39, 0.29) is 107 Å². The van der Waals surface area contributed by atoms with Crippen molar-refractivity contribution in [3.05, 3.63) is 129 Å². The minimum absolute atomic E-state index is 0. The van der Waals surface area contributed by atoms with E-state index in [1.807, 2.05) is 13.8 Å². The number of pyridine rings is 2. The number of hydrogen-bond acceptors (Lipinski definition) is 18. The summed E-state index contributed by atoms with van der Waals surface area (Å²) in [5.74, 6) is -1.62. The van der Waals surface area contributed by atoms with Gasteiger partial charge in [0.05, 0.1) is 48.7 Å². The first-order valence-corrected chi connectivity index (χ1v) is 28.3. The van der Waals surface area contributed by atoms with Gasteiger partial charge in [-0.3, -0.25) is 19.6 Å². The van der Waals surface area contributed by atoms with Gasteiger partial charge in [0.25, 0.3) is 0 Å². The molecule has 4 aliphatic carbocycles. The number of fused-ring (bicyclic) bond motifs is 8. The summed E-state index contributed by atoms with van der Waals surface area (Å²) in [7, 11) is 0. The quantitative estimate of drug-likeness (QED) is 0.0740. The molecule has 16 atom stereocenters. The Morgan fingerprint density at radius 1 is 0.675 bits per heavy atom. The Kier molecular flexibility index (Phi) is 16.6. The minimum atomic E-state index is -1.31. The van der Waals surface area contributed by atoms with E-state index in [9.17, 15) is 44.6 Å². The monoisotopic (exact) mass is 1250 g/mol. The van der Waals surface area contributed by atoms with Crippen LogP contribution in [0.1, 0.15) is 147 Å². The van der Waals surface area contributed by atoms with Gasteiger partial charge in [-0.15, -0.1) is 24.0 Å². The number of nitrogens with zero attached hydrogens (tertiary/aromatic N) is 3. The number of hydrogen-bond donors (Lipinski definition) is 3. The van der Waals surface area contributed by atoms with Gasteiger partial charge in [-0.2, -0.15) is 5.26 Å². The zero-order chi connectivity index (χ0) is 59.1. The lowest BCUT2D eigenvalue weighted by atomic mass is 9.41. The summed E-state index contributed by atoms with van der Waals surface area (Å²) in [6, 6.07) is 18.5.